The Balaban J connectivity index is 2.24. The lowest BCUT2D eigenvalue weighted by Crippen LogP contribution is -1.92. The first-order chi connectivity index (χ1) is 7.65. The highest BCUT2D eigenvalue weighted by atomic mass is 79.9. The van der Waals surface area contributed by atoms with Gasteiger partial charge in [0, 0.05) is 16.7 Å². The number of halogens is 1. The van der Waals surface area contributed by atoms with Gasteiger partial charge in [0.2, 0.25) is 5.88 Å². The van der Waals surface area contributed by atoms with Crippen LogP contribution < -0.4 is 4.74 Å². The van der Waals surface area contributed by atoms with Gasteiger partial charge in [-0.15, -0.1) is 0 Å². The lowest BCUT2D eigenvalue weighted by Gasteiger charge is -2.06. The van der Waals surface area contributed by atoms with E-state index in [9.17, 15) is 0 Å². The number of aryl methyl sites for hydroxylation is 2. The highest BCUT2D eigenvalue weighted by Crippen LogP contribution is 2.24. The SMILES string of the molecule is Cc1nccc(Oc2ccc(Br)c(C)c2)n1. The van der Waals surface area contributed by atoms with Crippen molar-refractivity contribution in [2.24, 2.45) is 0 Å². The number of aromatic nitrogens is 2. The van der Waals surface area contributed by atoms with E-state index in [1.165, 1.54) is 0 Å². The zero-order valence-corrected chi connectivity index (χ0v) is 10.7. The Morgan fingerprint density at radius 2 is 2.00 bits per heavy atom. The van der Waals surface area contributed by atoms with Crippen molar-refractivity contribution in [2.45, 2.75) is 13.8 Å². The van der Waals surface area contributed by atoms with Crippen molar-refractivity contribution < 1.29 is 4.74 Å². The van der Waals surface area contributed by atoms with Crippen LogP contribution in [0.3, 0.4) is 0 Å². The van der Waals surface area contributed by atoms with Crippen molar-refractivity contribution in [3.63, 3.8) is 0 Å². The highest BCUT2D eigenvalue weighted by molar-refractivity contribution is 9.10. The molecule has 4 heteroatoms. The number of nitrogens with zero attached hydrogens (tertiary/aromatic N) is 2. The molecule has 0 aliphatic heterocycles. The molecule has 0 amide bonds. The Morgan fingerprint density at radius 3 is 2.69 bits per heavy atom. The van der Waals surface area contributed by atoms with Gasteiger partial charge in [-0.05, 0) is 37.6 Å². The molecule has 2 aromatic rings. The summed E-state index contributed by atoms with van der Waals surface area (Å²) < 4.78 is 6.69. The lowest BCUT2D eigenvalue weighted by atomic mass is 10.2. The Hall–Kier alpha value is -1.42. The minimum absolute atomic E-state index is 0.564. The van der Waals surface area contributed by atoms with E-state index in [1.807, 2.05) is 32.0 Å². The average Bonchev–Trinajstić information content (AvgIpc) is 2.24. The van der Waals surface area contributed by atoms with Crippen molar-refractivity contribution >= 4 is 15.9 Å². The molecule has 0 bridgehead atoms. The number of ether oxygens (including phenoxy) is 1. The van der Waals surface area contributed by atoms with Gasteiger partial charge in [0.25, 0.3) is 0 Å². The molecule has 82 valence electrons. The van der Waals surface area contributed by atoms with Gasteiger partial charge in [-0.2, -0.15) is 4.98 Å². The molecule has 0 aliphatic carbocycles. The van der Waals surface area contributed by atoms with E-state index in [-0.39, 0.29) is 0 Å². The summed E-state index contributed by atoms with van der Waals surface area (Å²) in [6, 6.07) is 7.55. The monoisotopic (exact) mass is 278 g/mol. The third-order valence-electron chi connectivity index (χ3n) is 2.10. The van der Waals surface area contributed by atoms with Crippen LogP contribution in [0.4, 0.5) is 0 Å². The van der Waals surface area contributed by atoms with E-state index in [0.717, 1.165) is 15.8 Å². The van der Waals surface area contributed by atoms with Crippen molar-refractivity contribution in [1.29, 1.82) is 0 Å². The normalized spacial score (nSPS) is 10.2. The Morgan fingerprint density at radius 1 is 1.19 bits per heavy atom. The first kappa shape index (κ1) is 11.1. The second kappa shape index (κ2) is 4.61. The molecule has 0 aliphatic rings. The molecule has 16 heavy (non-hydrogen) atoms. The maximum atomic E-state index is 5.62. The van der Waals surface area contributed by atoms with Crippen molar-refractivity contribution in [2.75, 3.05) is 0 Å². The van der Waals surface area contributed by atoms with Crippen molar-refractivity contribution in [3.05, 3.63) is 46.3 Å². The largest absolute Gasteiger partial charge is 0.439 e. The molecule has 0 fully saturated rings. The van der Waals surface area contributed by atoms with Crippen LogP contribution in [0.1, 0.15) is 11.4 Å². The van der Waals surface area contributed by atoms with Gasteiger partial charge >= 0.3 is 0 Å². The number of hydrogen-bond donors (Lipinski definition) is 0. The van der Waals surface area contributed by atoms with Crippen molar-refractivity contribution in [1.82, 2.24) is 9.97 Å². The van der Waals surface area contributed by atoms with E-state index < -0.39 is 0 Å². The summed E-state index contributed by atoms with van der Waals surface area (Å²) in [4.78, 5) is 8.19. The smallest absolute Gasteiger partial charge is 0.222 e. The minimum Gasteiger partial charge on any atom is -0.439 e. The molecule has 0 unspecified atom stereocenters. The third-order valence-corrected chi connectivity index (χ3v) is 2.99. The van der Waals surface area contributed by atoms with Crippen molar-refractivity contribution in [3.8, 4) is 11.6 Å². The molecule has 0 spiro atoms. The first-order valence-electron chi connectivity index (χ1n) is 4.89. The molecule has 2 rings (SSSR count). The van der Waals surface area contributed by atoms with Gasteiger partial charge in [0.15, 0.2) is 0 Å². The van der Waals surface area contributed by atoms with Crippen LogP contribution in [-0.2, 0) is 0 Å². The molecule has 1 heterocycles. The summed E-state index contributed by atoms with van der Waals surface area (Å²) in [7, 11) is 0. The zero-order valence-electron chi connectivity index (χ0n) is 9.07. The average molecular weight is 279 g/mol. The van der Waals surface area contributed by atoms with Gasteiger partial charge in [-0.3, -0.25) is 0 Å². The van der Waals surface area contributed by atoms with Crippen LogP contribution in [0.15, 0.2) is 34.9 Å². The van der Waals surface area contributed by atoms with Crippen LogP contribution in [0, 0.1) is 13.8 Å². The van der Waals surface area contributed by atoms with Crippen LogP contribution >= 0.6 is 15.9 Å². The highest BCUT2D eigenvalue weighted by Gasteiger charge is 2.01. The third kappa shape index (κ3) is 2.58. The summed E-state index contributed by atoms with van der Waals surface area (Å²) in [6.45, 7) is 3.85. The molecule has 3 nitrogen and oxygen atoms in total. The quantitative estimate of drug-likeness (QED) is 0.841. The molecule has 0 radical (unpaired) electrons. The molecular weight excluding hydrogens is 268 g/mol. The molecule has 0 atom stereocenters. The summed E-state index contributed by atoms with van der Waals surface area (Å²) >= 11 is 3.45. The van der Waals surface area contributed by atoms with Gasteiger partial charge in [0.1, 0.15) is 11.6 Å². The predicted molar refractivity (Wildman–Crippen MR) is 65.7 cm³/mol. The number of benzene rings is 1. The van der Waals surface area contributed by atoms with Crippen LogP contribution in [0.5, 0.6) is 11.6 Å². The number of hydrogen-bond acceptors (Lipinski definition) is 3. The Kier molecular flexibility index (Phi) is 3.19. The topological polar surface area (TPSA) is 35.0 Å². The van der Waals surface area contributed by atoms with E-state index in [0.29, 0.717) is 11.7 Å². The lowest BCUT2D eigenvalue weighted by molar-refractivity contribution is 0.459. The Labute approximate surface area is 103 Å². The van der Waals surface area contributed by atoms with Gasteiger partial charge < -0.3 is 4.74 Å². The fourth-order valence-corrected chi connectivity index (χ4v) is 1.54. The molecule has 0 saturated carbocycles. The maximum absolute atomic E-state index is 5.62. The molecule has 0 N–H and O–H groups in total. The van der Waals surface area contributed by atoms with E-state index >= 15 is 0 Å². The fraction of sp³-hybridized carbons (Fsp3) is 0.167. The number of rotatable bonds is 2. The zero-order chi connectivity index (χ0) is 11.5. The van der Waals surface area contributed by atoms with E-state index in [1.54, 1.807) is 12.3 Å². The summed E-state index contributed by atoms with van der Waals surface area (Å²) in [5.41, 5.74) is 1.13. The van der Waals surface area contributed by atoms with E-state index in [2.05, 4.69) is 25.9 Å². The van der Waals surface area contributed by atoms with E-state index in [4.69, 9.17) is 4.74 Å². The Bertz CT molecular complexity index is 514. The standard InChI is InChI=1S/C12H11BrN2O/c1-8-7-10(3-4-11(8)13)16-12-5-6-14-9(2)15-12/h3-7H,1-2H3. The minimum atomic E-state index is 0.564. The fourth-order valence-electron chi connectivity index (χ4n) is 1.29. The maximum Gasteiger partial charge on any atom is 0.222 e. The van der Waals surface area contributed by atoms with Crippen LogP contribution in [0.25, 0.3) is 0 Å². The summed E-state index contributed by atoms with van der Waals surface area (Å²) in [5, 5.41) is 0. The van der Waals surface area contributed by atoms with Crippen LogP contribution in [0.2, 0.25) is 0 Å². The van der Waals surface area contributed by atoms with Crippen LogP contribution in [-0.4, -0.2) is 9.97 Å². The van der Waals surface area contributed by atoms with Gasteiger partial charge in [0.05, 0.1) is 0 Å². The molecule has 0 saturated heterocycles. The molecule has 1 aromatic heterocycles. The second-order valence-corrected chi connectivity index (χ2v) is 4.31. The summed E-state index contributed by atoms with van der Waals surface area (Å²) in [5.74, 6) is 2.04. The first-order valence-corrected chi connectivity index (χ1v) is 5.68. The summed E-state index contributed by atoms with van der Waals surface area (Å²) in [6.07, 6.45) is 1.68. The second-order valence-electron chi connectivity index (χ2n) is 3.46. The molecular formula is C12H11BrN2O. The van der Waals surface area contributed by atoms with Gasteiger partial charge in [-0.25, -0.2) is 4.98 Å². The van der Waals surface area contributed by atoms with Gasteiger partial charge in [-0.1, -0.05) is 15.9 Å². The molecule has 1 aromatic carbocycles. The predicted octanol–water partition coefficient (Wildman–Crippen LogP) is 3.65.